The number of hydrogen-bond acceptors (Lipinski definition) is 3. The highest BCUT2D eigenvalue weighted by Gasteiger charge is 2.10. The van der Waals surface area contributed by atoms with Gasteiger partial charge in [-0.05, 0) is 35.7 Å². The summed E-state index contributed by atoms with van der Waals surface area (Å²) in [6.07, 6.45) is 0. The van der Waals surface area contributed by atoms with Crippen LogP contribution in [0, 0.1) is 5.82 Å². The molecule has 0 saturated carbocycles. The Labute approximate surface area is 166 Å². The van der Waals surface area contributed by atoms with Gasteiger partial charge in [-0.1, -0.05) is 36.4 Å². The lowest BCUT2D eigenvalue weighted by Crippen LogP contribution is -2.36. The quantitative estimate of drug-likeness (QED) is 0.569. The van der Waals surface area contributed by atoms with Crippen molar-refractivity contribution in [3.63, 3.8) is 0 Å². The molecule has 0 unspecified atom stereocenters. The molecule has 1 aliphatic rings. The van der Waals surface area contributed by atoms with Gasteiger partial charge in [-0.25, -0.2) is 9.38 Å². The van der Waals surface area contributed by atoms with E-state index < -0.39 is 0 Å². The molecule has 2 aromatic carbocycles. The Morgan fingerprint density at radius 1 is 0.964 bits per heavy atom. The Hall–Kier alpha value is -2.44. The molecular weight excluding hydrogens is 355 g/mol. The summed E-state index contributed by atoms with van der Waals surface area (Å²) >= 11 is 0. The first-order valence-electron chi connectivity index (χ1n) is 9.87. The fraction of sp³-hybridized carbons (Fsp3) is 0.409. The molecule has 1 fully saturated rings. The fourth-order valence-corrected chi connectivity index (χ4v) is 3.07. The first-order valence-corrected chi connectivity index (χ1v) is 9.87. The van der Waals surface area contributed by atoms with Crippen molar-refractivity contribution in [2.75, 3.05) is 32.8 Å². The number of aliphatic imine (C=N–C) groups is 1. The van der Waals surface area contributed by atoms with Crippen LogP contribution in [0.5, 0.6) is 0 Å². The molecule has 0 spiro atoms. The monoisotopic (exact) mass is 384 g/mol. The second-order valence-corrected chi connectivity index (χ2v) is 6.88. The van der Waals surface area contributed by atoms with Gasteiger partial charge in [0.15, 0.2) is 5.96 Å². The Bertz CT molecular complexity index is 740. The van der Waals surface area contributed by atoms with Gasteiger partial charge in [0, 0.05) is 32.7 Å². The van der Waals surface area contributed by atoms with Gasteiger partial charge in [0.2, 0.25) is 0 Å². The molecule has 0 radical (unpaired) electrons. The lowest BCUT2D eigenvalue weighted by Gasteiger charge is -2.26. The third-order valence-corrected chi connectivity index (χ3v) is 4.67. The van der Waals surface area contributed by atoms with Crippen LogP contribution >= 0.6 is 0 Å². The van der Waals surface area contributed by atoms with E-state index in [0.717, 1.165) is 50.9 Å². The van der Waals surface area contributed by atoms with E-state index in [-0.39, 0.29) is 5.82 Å². The maximum Gasteiger partial charge on any atom is 0.191 e. The van der Waals surface area contributed by atoms with Gasteiger partial charge >= 0.3 is 0 Å². The number of hydrogen-bond donors (Lipinski definition) is 2. The lowest BCUT2D eigenvalue weighted by molar-refractivity contribution is 0.0342. The number of ether oxygens (including phenoxy) is 1. The average molecular weight is 384 g/mol. The van der Waals surface area contributed by atoms with Gasteiger partial charge in [-0.3, -0.25) is 4.90 Å². The summed E-state index contributed by atoms with van der Waals surface area (Å²) in [5, 5.41) is 6.60. The number of benzene rings is 2. The van der Waals surface area contributed by atoms with Crippen LogP contribution in [0.4, 0.5) is 4.39 Å². The lowest BCUT2D eigenvalue weighted by atomic mass is 10.1. The second-order valence-electron chi connectivity index (χ2n) is 6.88. The summed E-state index contributed by atoms with van der Waals surface area (Å²) in [6.45, 7) is 8.65. The Kier molecular flexibility index (Phi) is 7.82. The molecule has 0 atom stereocenters. The van der Waals surface area contributed by atoms with E-state index in [1.54, 1.807) is 12.1 Å². The number of halogens is 1. The molecule has 1 aliphatic heterocycles. The van der Waals surface area contributed by atoms with Gasteiger partial charge in [0.25, 0.3) is 0 Å². The zero-order chi connectivity index (χ0) is 19.6. The number of nitrogens with zero attached hydrogens (tertiary/aromatic N) is 2. The van der Waals surface area contributed by atoms with Crippen molar-refractivity contribution in [1.82, 2.24) is 15.5 Å². The highest BCUT2D eigenvalue weighted by molar-refractivity contribution is 5.79. The minimum atomic E-state index is -0.227. The van der Waals surface area contributed by atoms with Gasteiger partial charge in [-0.2, -0.15) is 0 Å². The molecule has 6 heteroatoms. The zero-order valence-electron chi connectivity index (χ0n) is 16.5. The van der Waals surface area contributed by atoms with Crippen LogP contribution in [0.3, 0.4) is 0 Å². The summed E-state index contributed by atoms with van der Waals surface area (Å²) in [4.78, 5) is 7.00. The number of nitrogens with one attached hydrogen (secondary N) is 2. The first kappa shape index (κ1) is 20.3. The van der Waals surface area contributed by atoms with Crippen molar-refractivity contribution in [3.8, 4) is 0 Å². The summed E-state index contributed by atoms with van der Waals surface area (Å²) in [5.74, 6) is 0.527. The van der Waals surface area contributed by atoms with Crippen LogP contribution in [0.15, 0.2) is 53.5 Å². The smallest absolute Gasteiger partial charge is 0.191 e. The van der Waals surface area contributed by atoms with Crippen LogP contribution in [-0.4, -0.2) is 43.7 Å². The van der Waals surface area contributed by atoms with E-state index in [2.05, 4.69) is 44.8 Å². The maximum absolute atomic E-state index is 13.0. The largest absolute Gasteiger partial charge is 0.379 e. The molecule has 1 heterocycles. The minimum absolute atomic E-state index is 0.227. The third kappa shape index (κ3) is 6.62. The van der Waals surface area contributed by atoms with E-state index in [0.29, 0.717) is 13.1 Å². The molecule has 3 rings (SSSR count). The summed E-state index contributed by atoms with van der Waals surface area (Å²) in [7, 11) is 0. The number of guanidine groups is 1. The topological polar surface area (TPSA) is 48.9 Å². The van der Waals surface area contributed by atoms with E-state index in [9.17, 15) is 4.39 Å². The van der Waals surface area contributed by atoms with Crippen LogP contribution in [0.2, 0.25) is 0 Å². The van der Waals surface area contributed by atoms with Crippen molar-refractivity contribution in [2.45, 2.75) is 26.6 Å². The predicted molar refractivity (Wildman–Crippen MR) is 111 cm³/mol. The molecule has 1 saturated heterocycles. The van der Waals surface area contributed by atoms with E-state index in [1.165, 1.54) is 23.3 Å². The summed E-state index contributed by atoms with van der Waals surface area (Å²) < 4.78 is 18.4. The van der Waals surface area contributed by atoms with Crippen molar-refractivity contribution < 1.29 is 9.13 Å². The maximum atomic E-state index is 13.0. The van der Waals surface area contributed by atoms with Crippen molar-refractivity contribution in [2.24, 2.45) is 4.99 Å². The van der Waals surface area contributed by atoms with Crippen molar-refractivity contribution in [1.29, 1.82) is 0 Å². The molecule has 28 heavy (non-hydrogen) atoms. The molecule has 0 bridgehead atoms. The molecule has 0 aliphatic carbocycles. The summed E-state index contributed by atoms with van der Waals surface area (Å²) in [6, 6.07) is 15.1. The molecule has 5 nitrogen and oxygen atoms in total. The molecule has 0 aromatic heterocycles. The van der Waals surface area contributed by atoms with Gasteiger partial charge in [-0.15, -0.1) is 0 Å². The van der Waals surface area contributed by atoms with Crippen molar-refractivity contribution >= 4 is 5.96 Å². The van der Waals surface area contributed by atoms with E-state index in [4.69, 9.17) is 4.74 Å². The number of morpholine rings is 1. The highest BCUT2D eigenvalue weighted by Crippen LogP contribution is 2.09. The van der Waals surface area contributed by atoms with Crippen LogP contribution in [-0.2, 0) is 24.4 Å². The van der Waals surface area contributed by atoms with Crippen molar-refractivity contribution in [3.05, 3.63) is 71.0 Å². The predicted octanol–water partition coefficient (Wildman–Crippen LogP) is 2.91. The SMILES string of the molecule is CCNC(=NCc1ccc(F)cc1)NCc1ccc(CN2CCOCC2)cc1. The summed E-state index contributed by atoms with van der Waals surface area (Å²) in [5.41, 5.74) is 3.51. The minimum Gasteiger partial charge on any atom is -0.379 e. The standard InChI is InChI=1S/C22H29FN4O/c1-2-24-22(26-16-19-7-9-21(23)10-8-19)25-15-18-3-5-20(6-4-18)17-27-11-13-28-14-12-27/h3-10H,2,11-17H2,1H3,(H2,24,25,26). The second kappa shape index (κ2) is 10.8. The van der Waals surface area contributed by atoms with E-state index in [1.807, 2.05) is 6.92 Å². The Morgan fingerprint density at radius 2 is 1.61 bits per heavy atom. The number of rotatable bonds is 7. The van der Waals surface area contributed by atoms with Crippen LogP contribution in [0.1, 0.15) is 23.6 Å². The van der Waals surface area contributed by atoms with Gasteiger partial charge < -0.3 is 15.4 Å². The average Bonchev–Trinajstić information content (AvgIpc) is 2.73. The molecule has 2 N–H and O–H groups in total. The van der Waals surface area contributed by atoms with Gasteiger partial charge in [0.05, 0.1) is 19.8 Å². The van der Waals surface area contributed by atoms with Crippen LogP contribution < -0.4 is 10.6 Å². The molecular formula is C22H29FN4O. The Balaban J connectivity index is 1.51. The Morgan fingerprint density at radius 3 is 2.29 bits per heavy atom. The molecule has 0 amide bonds. The van der Waals surface area contributed by atoms with Crippen LogP contribution in [0.25, 0.3) is 0 Å². The highest BCUT2D eigenvalue weighted by atomic mass is 19.1. The first-order chi connectivity index (χ1) is 13.7. The fourth-order valence-electron chi connectivity index (χ4n) is 3.07. The van der Waals surface area contributed by atoms with Gasteiger partial charge in [0.1, 0.15) is 5.82 Å². The molecule has 150 valence electrons. The normalized spacial score (nSPS) is 15.4. The molecule has 2 aromatic rings. The van der Waals surface area contributed by atoms with E-state index >= 15 is 0 Å². The third-order valence-electron chi connectivity index (χ3n) is 4.67. The zero-order valence-corrected chi connectivity index (χ0v) is 16.5.